The Kier molecular flexibility index (Phi) is 5.23. The number of hydrogen-bond donors (Lipinski definition) is 0. The minimum atomic E-state index is 0. The molecular formula is C13H17N2OW-. The second kappa shape index (κ2) is 6.22. The number of hydrogen-bond acceptors (Lipinski definition) is 2. The van der Waals surface area contributed by atoms with Crippen LogP contribution in [0.15, 0.2) is 24.3 Å². The van der Waals surface area contributed by atoms with E-state index in [0.717, 1.165) is 37.3 Å². The van der Waals surface area contributed by atoms with Crippen LogP contribution in [0, 0.1) is 6.92 Å². The largest absolute Gasteiger partial charge is 0.336 e. The first kappa shape index (κ1) is 14.3. The van der Waals surface area contributed by atoms with Gasteiger partial charge in [-0.1, -0.05) is 0 Å². The molecule has 4 heteroatoms. The van der Waals surface area contributed by atoms with Crippen molar-refractivity contribution < 1.29 is 25.9 Å². The quantitative estimate of drug-likeness (QED) is 0.662. The summed E-state index contributed by atoms with van der Waals surface area (Å²) >= 11 is 0. The fourth-order valence-electron chi connectivity index (χ4n) is 1.84. The molecule has 1 heterocycles. The van der Waals surface area contributed by atoms with Crippen molar-refractivity contribution in [2.45, 2.75) is 0 Å². The van der Waals surface area contributed by atoms with Crippen molar-refractivity contribution in [3.63, 3.8) is 0 Å². The number of nitrogens with zero attached hydrogens (tertiary/aromatic N) is 2. The van der Waals surface area contributed by atoms with Gasteiger partial charge in [0.05, 0.1) is 0 Å². The maximum absolute atomic E-state index is 12.1. The fourth-order valence-corrected chi connectivity index (χ4v) is 1.84. The van der Waals surface area contributed by atoms with Crippen LogP contribution in [0.5, 0.6) is 0 Å². The van der Waals surface area contributed by atoms with E-state index in [2.05, 4.69) is 18.9 Å². The smallest absolute Gasteiger partial charge is 0.251 e. The monoisotopic (exact) mass is 401 g/mol. The third-order valence-corrected chi connectivity index (χ3v) is 2.99. The van der Waals surface area contributed by atoms with Gasteiger partial charge >= 0.3 is 0 Å². The Morgan fingerprint density at radius 1 is 1.12 bits per heavy atom. The van der Waals surface area contributed by atoms with Crippen LogP contribution in [0.2, 0.25) is 0 Å². The number of carbonyl (C=O) groups excluding carboxylic acids is 1. The summed E-state index contributed by atoms with van der Waals surface area (Å²) in [5, 5.41) is 0. The zero-order valence-electron chi connectivity index (χ0n) is 10.1. The number of piperazine rings is 1. The summed E-state index contributed by atoms with van der Waals surface area (Å²) in [4.78, 5) is 16.3. The topological polar surface area (TPSA) is 23.6 Å². The van der Waals surface area contributed by atoms with E-state index in [9.17, 15) is 4.79 Å². The van der Waals surface area contributed by atoms with Crippen LogP contribution in [0.1, 0.15) is 15.9 Å². The molecule has 0 radical (unpaired) electrons. The summed E-state index contributed by atoms with van der Waals surface area (Å²) in [6.45, 7) is 7.37. The summed E-state index contributed by atoms with van der Waals surface area (Å²) in [6.07, 6.45) is 0. The van der Waals surface area contributed by atoms with E-state index < -0.39 is 0 Å². The molecule has 0 aromatic heterocycles. The van der Waals surface area contributed by atoms with Gasteiger partial charge in [-0.3, -0.25) is 4.79 Å². The molecule has 1 fully saturated rings. The Balaban J connectivity index is 0.00000144. The van der Waals surface area contributed by atoms with Gasteiger partial charge in [0.15, 0.2) is 0 Å². The Morgan fingerprint density at radius 2 is 1.65 bits per heavy atom. The van der Waals surface area contributed by atoms with Gasteiger partial charge in [-0.2, -0.15) is 24.6 Å². The zero-order valence-corrected chi connectivity index (χ0v) is 13.0. The normalized spacial score (nSPS) is 16.4. The van der Waals surface area contributed by atoms with E-state index in [-0.39, 0.29) is 27.0 Å². The molecular weight excluding hydrogens is 384 g/mol. The van der Waals surface area contributed by atoms with E-state index >= 15 is 0 Å². The predicted molar refractivity (Wildman–Crippen MR) is 64.3 cm³/mol. The van der Waals surface area contributed by atoms with Crippen molar-refractivity contribution in [2.75, 3.05) is 33.2 Å². The molecule has 1 amide bonds. The summed E-state index contributed by atoms with van der Waals surface area (Å²) in [5.41, 5.74) is 1.70. The SMILES string of the molecule is [CH2-]c1ccc(C(=O)N2CCN(C)CC2)cc1.[W]. The molecule has 3 nitrogen and oxygen atoms in total. The Bertz CT molecular complexity index is 370. The molecule has 0 atom stereocenters. The van der Waals surface area contributed by atoms with Crippen LogP contribution in [0.25, 0.3) is 0 Å². The third kappa shape index (κ3) is 3.58. The standard InChI is InChI=1S/C13H17N2O.W/c1-11-3-5-12(6-4-11)13(16)15-9-7-14(2)8-10-15;/h3-6H,1,7-10H2,2H3;/q-1;. The van der Waals surface area contributed by atoms with Crippen molar-refractivity contribution in [3.8, 4) is 0 Å². The first-order chi connectivity index (χ1) is 7.66. The van der Waals surface area contributed by atoms with E-state index in [1.807, 2.05) is 29.2 Å². The zero-order chi connectivity index (χ0) is 11.5. The minimum absolute atomic E-state index is 0. The van der Waals surface area contributed by atoms with Crippen molar-refractivity contribution in [2.24, 2.45) is 0 Å². The molecule has 0 aliphatic carbocycles. The van der Waals surface area contributed by atoms with Crippen LogP contribution < -0.4 is 0 Å². The molecule has 1 aliphatic rings. The summed E-state index contributed by atoms with van der Waals surface area (Å²) in [7, 11) is 2.08. The first-order valence-corrected chi connectivity index (χ1v) is 5.56. The molecule has 0 saturated carbocycles. The Labute approximate surface area is 117 Å². The van der Waals surface area contributed by atoms with Gasteiger partial charge in [-0.05, 0) is 7.05 Å². The van der Waals surface area contributed by atoms with Crippen LogP contribution in [-0.4, -0.2) is 48.9 Å². The van der Waals surface area contributed by atoms with Gasteiger partial charge in [-0.15, -0.1) is 12.1 Å². The van der Waals surface area contributed by atoms with Gasteiger partial charge in [-0.25, -0.2) is 0 Å². The maximum atomic E-state index is 12.1. The molecule has 1 aromatic carbocycles. The first-order valence-electron chi connectivity index (χ1n) is 5.56. The molecule has 1 aromatic rings. The Hall–Kier alpha value is -0.792. The van der Waals surface area contributed by atoms with Crippen molar-refractivity contribution in [1.29, 1.82) is 0 Å². The number of likely N-dealkylation sites (N-methyl/N-ethyl adjacent to an activating group) is 1. The molecule has 17 heavy (non-hydrogen) atoms. The molecule has 0 bridgehead atoms. The molecule has 0 spiro atoms. The van der Waals surface area contributed by atoms with Gasteiger partial charge in [0, 0.05) is 52.8 Å². The average molecular weight is 401 g/mol. The van der Waals surface area contributed by atoms with Crippen LogP contribution >= 0.6 is 0 Å². The number of carbonyl (C=O) groups is 1. The van der Waals surface area contributed by atoms with Crippen LogP contribution in [-0.2, 0) is 21.1 Å². The number of amides is 1. The van der Waals surface area contributed by atoms with Gasteiger partial charge in [0.2, 0.25) is 0 Å². The van der Waals surface area contributed by atoms with Gasteiger partial charge in [0.25, 0.3) is 5.91 Å². The van der Waals surface area contributed by atoms with Crippen LogP contribution in [0.4, 0.5) is 0 Å². The molecule has 92 valence electrons. The van der Waals surface area contributed by atoms with E-state index in [1.165, 1.54) is 0 Å². The molecule has 0 N–H and O–H groups in total. The van der Waals surface area contributed by atoms with Crippen molar-refractivity contribution in [3.05, 3.63) is 42.3 Å². The second-order valence-corrected chi connectivity index (χ2v) is 4.29. The van der Waals surface area contributed by atoms with E-state index in [0.29, 0.717) is 0 Å². The third-order valence-electron chi connectivity index (χ3n) is 2.99. The summed E-state index contributed by atoms with van der Waals surface area (Å²) in [5.74, 6) is 0.133. The molecule has 1 saturated heterocycles. The van der Waals surface area contributed by atoms with E-state index in [4.69, 9.17) is 0 Å². The molecule has 1 aliphatic heterocycles. The second-order valence-electron chi connectivity index (χ2n) is 4.29. The number of rotatable bonds is 1. The average Bonchev–Trinajstić information content (AvgIpc) is 2.30. The molecule has 0 unspecified atom stereocenters. The number of benzene rings is 1. The van der Waals surface area contributed by atoms with Crippen molar-refractivity contribution in [1.82, 2.24) is 9.80 Å². The molecule has 2 rings (SSSR count). The predicted octanol–water partition coefficient (Wildman–Crippen LogP) is 1.25. The summed E-state index contributed by atoms with van der Waals surface area (Å²) in [6, 6.07) is 7.46. The minimum Gasteiger partial charge on any atom is -0.336 e. The van der Waals surface area contributed by atoms with Gasteiger partial charge < -0.3 is 9.80 Å². The van der Waals surface area contributed by atoms with E-state index in [1.54, 1.807) is 0 Å². The Morgan fingerprint density at radius 3 is 2.18 bits per heavy atom. The van der Waals surface area contributed by atoms with Crippen LogP contribution in [0.3, 0.4) is 0 Å². The maximum Gasteiger partial charge on any atom is 0.251 e. The summed E-state index contributed by atoms with van der Waals surface area (Å²) < 4.78 is 0. The van der Waals surface area contributed by atoms with Gasteiger partial charge in [0.1, 0.15) is 0 Å². The fraction of sp³-hybridized carbons (Fsp3) is 0.385. The van der Waals surface area contributed by atoms with Crippen molar-refractivity contribution >= 4 is 5.91 Å².